The third-order valence-corrected chi connectivity index (χ3v) is 4.09. The molecule has 22 heavy (non-hydrogen) atoms. The van der Waals surface area contributed by atoms with E-state index < -0.39 is 5.54 Å². The third-order valence-electron chi connectivity index (χ3n) is 3.84. The number of benzene rings is 2. The van der Waals surface area contributed by atoms with Gasteiger partial charge in [-0.3, -0.25) is 5.10 Å². The van der Waals surface area contributed by atoms with Gasteiger partial charge in [0.15, 0.2) is 0 Å². The molecule has 0 saturated carbocycles. The number of H-pyrrole nitrogens is 1. The summed E-state index contributed by atoms with van der Waals surface area (Å²) in [6.07, 6.45) is 3.59. The zero-order valence-corrected chi connectivity index (χ0v) is 12.6. The van der Waals surface area contributed by atoms with E-state index in [0.29, 0.717) is 5.02 Å². The molecule has 4 N–H and O–H groups in total. The van der Waals surface area contributed by atoms with Gasteiger partial charge in [-0.15, -0.1) is 0 Å². The predicted molar refractivity (Wildman–Crippen MR) is 87.5 cm³/mol. The molecule has 0 spiro atoms. The second-order valence-electron chi connectivity index (χ2n) is 5.20. The molecule has 1 atom stereocenters. The van der Waals surface area contributed by atoms with Crippen molar-refractivity contribution in [2.24, 2.45) is 5.73 Å². The maximum Gasteiger partial charge on any atom is 0.0900 e. The van der Waals surface area contributed by atoms with Gasteiger partial charge in [-0.2, -0.15) is 5.10 Å². The van der Waals surface area contributed by atoms with E-state index in [1.54, 1.807) is 18.3 Å². The highest BCUT2D eigenvalue weighted by Gasteiger charge is 2.28. The first-order chi connectivity index (χ1) is 10.6. The van der Waals surface area contributed by atoms with Crippen molar-refractivity contribution in [1.29, 1.82) is 0 Å². The van der Waals surface area contributed by atoms with Gasteiger partial charge < -0.3 is 10.8 Å². The fourth-order valence-electron chi connectivity index (χ4n) is 2.47. The number of aliphatic hydroxyl groups is 1. The van der Waals surface area contributed by atoms with Gasteiger partial charge in [0.25, 0.3) is 0 Å². The van der Waals surface area contributed by atoms with Gasteiger partial charge >= 0.3 is 0 Å². The molecule has 2 aromatic carbocycles. The topological polar surface area (TPSA) is 74.9 Å². The Labute approximate surface area is 133 Å². The molecule has 1 aromatic heterocycles. The molecule has 4 nitrogen and oxygen atoms in total. The van der Waals surface area contributed by atoms with E-state index in [1.165, 1.54) is 0 Å². The van der Waals surface area contributed by atoms with Gasteiger partial charge in [-0.05, 0) is 28.8 Å². The maximum atomic E-state index is 9.84. The number of aromatic amines is 1. The Morgan fingerprint density at radius 2 is 1.59 bits per heavy atom. The number of aliphatic hydroxyl groups excluding tert-OH is 1. The molecule has 1 heterocycles. The lowest BCUT2D eigenvalue weighted by atomic mass is 9.84. The Kier molecular flexibility index (Phi) is 3.98. The number of nitrogens with one attached hydrogen (secondary N) is 1. The van der Waals surface area contributed by atoms with Crippen LogP contribution >= 0.6 is 11.6 Å². The molecule has 0 fully saturated rings. The summed E-state index contributed by atoms with van der Waals surface area (Å²) < 4.78 is 0. The smallest absolute Gasteiger partial charge is 0.0900 e. The lowest BCUT2D eigenvalue weighted by Gasteiger charge is -2.28. The summed E-state index contributed by atoms with van der Waals surface area (Å²) in [5.41, 5.74) is 9.18. The van der Waals surface area contributed by atoms with Crippen molar-refractivity contribution in [3.8, 4) is 11.1 Å². The summed E-state index contributed by atoms with van der Waals surface area (Å²) in [7, 11) is 0. The molecule has 3 rings (SSSR count). The van der Waals surface area contributed by atoms with Crippen LogP contribution in [0.4, 0.5) is 0 Å². The maximum absolute atomic E-state index is 9.84. The average molecular weight is 314 g/mol. The summed E-state index contributed by atoms with van der Waals surface area (Å²) in [6, 6.07) is 15.0. The lowest BCUT2D eigenvalue weighted by Crippen LogP contribution is -2.41. The monoisotopic (exact) mass is 313 g/mol. The van der Waals surface area contributed by atoms with Crippen molar-refractivity contribution in [3.63, 3.8) is 0 Å². The first kappa shape index (κ1) is 14.8. The van der Waals surface area contributed by atoms with Crippen LogP contribution in [0.3, 0.4) is 0 Å². The van der Waals surface area contributed by atoms with Crippen LogP contribution in [0, 0.1) is 0 Å². The van der Waals surface area contributed by atoms with E-state index in [-0.39, 0.29) is 6.61 Å². The van der Waals surface area contributed by atoms with E-state index in [2.05, 4.69) is 10.2 Å². The minimum Gasteiger partial charge on any atom is -0.394 e. The van der Waals surface area contributed by atoms with Gasteiger partial charge in [-0.25, -0.2) is 0 Å². The van der Waals surface area contributed by atoms with E-state index in [4.69, 9.17) is 17.3 Å². The van der Waals surface area contributed by atoms with Crippen molar-refractivity contribution < 1.29 is 5.11 Å². The van der Waals surface area contributed by atoms with Crippen LogP contribution in [0.1, 0.15) is 11.1 Å². The second kappa shape index (κ2) is 5.93. The van der Waals surface area contributed by atoms with Crippen LogP contribution in [0.15, 0.2) is 60.9 Å². The number of nitrogens with two attached hydrogens (primary N) is 1. The lowest BCUT2D eigenvalue weighted by molar-refractivity contribution is 0.223. The highest BCUT2D eigenvalue weighted by Crippen LogP contribution is 2.29. The minimum absolute atomic E-state index is 0.195. The van der Waals surface area contributed by atoms with Crippen LogP contribution < -0.4 is 5.73 Å². The predicted octanol–water partition coefficient (Wildman–Crippen LogP) is 2.92. The van der Waals surface area contributed by atoms with Crippen LogP contribution in [0.25, 0.3) is 11.1 Å². The normalized spacial score (nSPS) is 13.8. The molecule has 0 saturated heterocycles. The third kappa shape index (κ3) is 2.64. The minimum atomic E-state index is -0.959. The Balaban J connectivity index is 1.98. The summed E-state index contributed by atoms with van der Waals surface area (Å²) >= 11 is 5.92. The molecule has 0 aliphatic rings. The van der Waals surface area contributed by atoms with E-state index >= 15 is 0 Å². The molecule has 5 heteroatoms. The molecule has 0 unspecified atom stereocenters. The zero-order chi connectivity index (χ0) is 15.6. The van der Waals surface area contributed by atoms with Gasteiger partial charge in [0.1, 0.15) is 0 Å². The van der Waals surface area contributed by atoms with Crippen LogP contribution in [-0.4, -0.2) is 21.9 Å². The van der Waals surface area contributed by atoms with Crippen molar-refractivity contribution in [2.45, 2.75) is 5.54 Å². The fraction of sp³-hybridized carbons (Fsp3) is 0.118. The molecule has 0 aliphatic carbocycles. The number of halogens is 1. The first-order valence-electron chi connectivity index (χ1n) is 6.89. The highest BCUT2D eigenvalue weighted by molar-refractivity contribution is 6.30. The highest BCUT2D eigenvalue weighted by atomic mass is 35.5. The summed E-state index contributed by atoms with van der Waals surface area (Å²) in [6.45, 7) is -0.195. The van der Waals surface area contributed by atoms with Gasteiger partial charge in [0.05, 0.1) is 18.3 Å². The SMILES string of the molecule is N[C@](CO)(c1ccc(Cl)cc1)c1ccc(-c2cn[nH]c2)cc1. The summed E-state index contributed by atoms with van der Waals surface area (Å²) in [4.78, 5) is 0. The van der Waals surface area contributed by atoms with Crippen molar-refractivity contribution in [3.05, 3.63) is 77.1 Å². The Morgan fingerprint density at radius 3 is 2.09 bits per heavy atom. The zero-order valence-electron chi connectivity index (χ0n) is 11.8. The number of rotatable bonds is 4. The molecule has 0 bridgehead atoms. The number of hydrogen-bond donors (Lipinski definition) is 3. The van der Waals surface area contributed by atoms with E-state index in [1.807, 2.05) is 42.6 Å². The molecular formula is C17H16ClN3O. The molecule has 3 aromatic rings. The Morgan fingerprint density at radius 1 is 1.00 bits per heavy atom. The summed E-state index contributed by atoms with van der Waals surface area (Å²) in [5.74, 6) is 0. The van der Waals surface area contributed by atoms with E-state index in [9.17, 15) is 5.11 Å². The van der Waals surface area contributed by atoms with E-state index in [0.717, 1.165) is 22.3 Å². The first-order valence-corrected chi connectivity index (χ1v) is 7.27. The van der Waals surface area contributed by atoms with Crippen molar-refractivity contribution in [2.75, 3.05) is 6.61 Å². The molecular weight excluding hydrogens is 298 g/mol. The Hall–Kier alpha value is -2.14. The van der Waals surface area contributed by atoms with Gasteiger partial charge in [0, 0.05) is 16.8 Å². The quantitative estimate of drug-likeness (QED) is 0.693. The molecule has 0 aliphatic heterocycles. The number of hydrogen-bond acceptors (Lipinski definition) is 3. The van der Waals surface area contributed by atoms with Crippen molar-refractivity contribution >= 4 is 11.6 Å². The Bertz CT molecular complexity index is 739. The standard InChI is InChI=1S/C17H16ClN3O/c18-16-7-5-15(6-8-16)17(19,11-22)14-3-1-12(2-4-14)13-9-20-21-10-13/h1-10,22H,11,19H2,(H,20,21)/t17-/m0/s1. The fourth-order valence-corrected chi connectivity index (χ4v) is 2.59. The van der Waals surface area contributed by atoms with Crippen LogP contribution in [-0.2, 0) is 5.54 Å². The molecule has 0 amide bonds. The number of nitrogens with zero attached hydrogens (tertiary/aromatic N) is 1. The average Bonchev–Trinajstić information content (AvgIpc) is 3.09. The second-order valence-corrected chi connectivity index (χ2v) is 5.64. The summed E-state index contributed by atoms with van der Waals surface area (Å²) in [5, 5.41) is 17.2. The number of aromatic nitrogens is 2. The largest absolute Gasteiger partial charge is 0.394 e. The van der Waals surface area contributed by atoms with Crippen LogP contribution in [0.2, 0.25) is 5.02 Å². The van der Waals surface area contributed by atoms with Gasteiger partial charge in [0.2, 0.25) is 0 Å². The van der Waals surface area contributed by atoms with Crippen LogP contribution in [0.5, 0.6) is 0 Å². The molecule has 0 radical (unpaired) electrons. The van der Waals surface area contributed by atoms with Crippen molar-refractivity contribution in [1.82, 2.24) is 10.2 Å². The van der Waals surface area contributed by atoms with Gasteiger partial charge in [-0.1, -0.05) is 48.0 Å². The molecule has 112 valence electrons.